The van der Waals surface area contributed by atoms with Crippen molar-refractivity contribution in [1.82, 2.24) is 20.0 Å². The molecule has 0 bridgehead atoms. The van der Waals surface area contributed by atoms with Gasteiger partial charge in [-0.1, -0.05) is 0 Å². The molecule has 3 rings (SSSR count). The predicted octanol–water partition coefficient (Wildman–Crippen LogP) is 1.64. The fourth-order valence-electron chi connectivity index (χ4n) is 4.63. The molecule has 15 heteroatoms. The van der Waals surface area contributed by atoms with Crippen LogP contribution in [-0.2, 0) is 25.7 Å². The molecule has 1 aromatic rings. The molecule has 2 amide bonds. The average Bonchev–Trinajstić information content (AvgIpc) is 2.87. The Morgan fingerprint density at radius 2 is 1.68 bits per heavy atom. The second-order valence-electron chi connectivity index (χ2n) is 9.00. The maximum Gasteiger partial charge on any atom is 0.416 e. The third kappa shape index (κ3) is 6.92. The Labute approximate surface area is 219 Å². The van der Waals surface area contributed by atoms with Crippen LogP contribution in [0.5, 0.6) is 0 Å². The lowest BCUT2D eigenvalue weighted by Gasteiger charge is -2.43. The van der Waals surface area contributed by atoms with E-state index in [9.17, 15) is 36.4 Å². The number of halogens is 4. The topological polar surface area (TPSA) is 128 Å². The molecular weight excluding hydrogens is 541 g/mol. The van der Waals surface area contributed by atoms with E-state index >= 15 is 0 Å². The molecule has 210 valence electrons. The van der Waals surface area contributed by atoms with E-state index in [4.69, 9.17) is 4.74 Å². The first kappa shape index (κ1) is 31.2. The maximum atomic E-state index is 13.6. The number of benzene rings is 1. The summed E-state index contributed by atoms with van der Waals surface area (Å²) in [5, 5.41) is 12.0. The van der Waals surface area contributed by atoms with Crippen molar-refractivity contribution < 1.29 is 41.1 Å². The minimum Gasteiger partial charge on any atom is -0.383 e. The van der Waals surface area contributed by atoms with Gasteiger partial charge in [-0.2, -0.15) is 13.2 Å². The van der Waals surface area contributed by atoms with E-state index in [0.717, 1.165) is 24.3 Å². The van der Waals surface area contributed by atoms with Crippen LogP contribution in [0, 0.1) is 0 Å². The highest BCUT2D eigenvalue weighted by Gasteiger charge is 2.55. The summed E-state index contributed by atoms with van der Waals surface area (Å²) in [4.78, 5) is 27.1. The lowest BCUT2D eigenvalue weighted by Crippen LogP contribution is -2.62. The molecule has 10 nitrogen and oxygen atoms in total. The summed E-state index contributed by atoms with van der Waals surface area (Å²) in [7, 11) is -2.58. The van der Waals surface area contributed by atoms with Crippen molar-refractivity contribution >= 4 is 34.2 Å². The van der Waals surface area contributed by atoms with Gasteiger partial charge in [-0.05, 0) is 49.9 Å². The van der Waals surface area contributed by atoms with Crippen LogP contribution < -0.4 is 10.8 Å². The first-order valence-corrected chi connectivity index (χ1v) is 13.0. The Morgan fingerprint density at radius 3 is 2.16 bits per heavy atom. The number of nitrogens with zero attached hydrogens (tertiary/aromatic N) is 2. The number of hydroxylamine groups is 1. The molecular formula is C22H32ClF3N4O6S. The van der Waals surface area contributed by atoms with Crippen LogP contribution >= 0.6 is 12.4 Å². The Morgan fingerprint density at radius 1 is 1.11 bits per heavy atom. The summed E-state index contributed by atoms with van der Waals surface area (Å²) >= 11 is 0. The summed E-state index contributed by atoms with van der Waals surface area (Å²) in [5.41, 5.74) is 0.738. The summed E-state index contributed by atoms with van der Waals surface area (Å²) in [6, 6.07) is 3.46. The Hall–Kier alpha value is -1.97. The highest BCUT2D eigenvalue weighted by molar-refractivity contribution is 7.91. The number of rotatable bonds is 8. The van der Waals surface area contributed by atoms with Gasteiger partial charge < -0.3 is 15.0 Å². The number of sulfonamides is 1. The van der Waals surface area contributed by atoms with Gasteiger partial charge in [0, 0.05) is 51.4 Å². The van der Waals surface area contributed by atoms with Crippen LogP contribution in [0.25, 0.3) is 0 Å². The van der Waals surface area contributed by atoms with E-state index in [0.29, 0.717) is 26.2 Å². The van der Waals surface area contributed by atoms with Crippen molar-refractivity contribution in [2.24, 2.45) is 0 Å². The van der Waals surface area contributed by atoms with Crippen LogP contribution in [0.2, 0.25) is 0 Å². The van der Waals surface area contributed by atoms with Crippen molar-refractivity contribution in [3.05, 3.63) is 35.4 Å². The number of hydrogen-bond acceptors (Lipinski definition) is 7. The van der Waals surface area contributed by atoms with E-state index in [1.165, 1.54) is 9.79 Å². The van der Waals surface area contributed by atoms with Crippen molar-refractivity contribution in [1.29, 1.82) is 0 Å². The second kappa shape index (κ2) is 12.7. The molecule has 0 spiro atoms. The molecule has 0 radical (unpaired) electrons. The number of hydrogen-bond donors (Lipinski definition) is 3. The predicted molar refractivity (Wildman–Crippen MR) is 130 cm³/mol. The van der Waals surface area contributed by atoms with E-state index in [2.05, 4.69) is 5.32 Å². The largest absolute Gasteiger partial charge is 0.416 e. The maximum absolute atomic E-state index is 13.6. The highest BCUT2D eigenvalue weighted by atomic mass is 35.5. The minimum atomic E-state index is -4.50. The number of carbonyl (C=O) groups excluding carboxylic acids is 2. The summed E-state index contributed by atoms with van der Waals surface area (Å²) < 4.78 is 69.8. The van der Waals surface area contributed by atoms with Crippen molar-refractivity contribution in [3.63, 3.8) is 0 Å². The van der Waals surface area contributed by atoms with Crippen LogP contribution in [0.3, 0.4) is 0 Å². The molecule has 37 heavy (non-hydrogen) atoms. The van der Waals surface area contributed by atoms with Crippen LogP contribution in [-0.4, -0.2) is 91.9 Å². The molecule has 0 aliphatic carbocycles. The third-order valence-corrected chi connectivity index (χ3v) is 9.51. The minimum absolute atomic E-state index is 0. The van der Waals surface area contributed by atoms with Gasteiger partial charge in [0.2, 0.25) is 10.0 Å². The van der Waals surface area contributed by atoms with Gasteiger partial charge in [-0.25, -0.2) is 18.2 Å². The van der Waals surface area contributed by atoms with Crippen molar-refractivity contribution in [2.45, 2.75) is 42.6 Å². The zero-order chi connectivity index (χ0) is 26.6. The zero-order valence-electron chi connectivity index (χ0n) is 20.3. The molecule has 3 N–H and O–H groups in total. The van der Waals surface area contributed by atoms with E-state index in [-0.39, 0.29) is 62.8 Å². The zero-order valence-corrected chi connectivity index (χ0v) is 21.9. The summed E-state index contributed by atoms with van der Waals surface area (Å²) in [5.74, 6) is -1.52. The smallest absolute Gasteiger partial charge is 0.383 e. The molecule has 2 heterocycles. The fraction of sp³-hybridized carbons (Fsp3) is 0.636. The molecule has 2 aliphatic rings. The van der Waals surface area contributed by atoms with Gasteiger partial charge in [0.1, 0.15) is 0 Å². The van der Waals surface area contributed by atoms with E-state index in [1.54, 1.807) is 7.11 Å². The van der Waals surface area contributed by atoms with Gasteiger partial charge in [0.05, 0.1) is 12.2 Å². The lowest BCUT2D eigenvalue weighted by molar-refractivity contribution is -0.137. The van der Waals surface area contributed by atoms with E-state index in [1.807, 2.05) is 4.90 Å². The first-order chi connectivity index (χ1) is 16.9. The summed E-state index contributed by atoms with van der Waals surface area (Å²) in [6.07, 6.45) is -3.95. The molecule has 0 aromatic heterocycles. The number of likely N-dealkylation sites (tertiary alicyclic amines) is 1. The molecule has 0 atom stereocenters. The van der Waals surface area contributed by atoms with Crippen molar-refractivity contribution in [3.8, 4) is 0 Å². The molecule has 0 saturated carbocycles. The monoisotopic (exact) mass is 572 g/mol. The van der Waals surface area contributed by atoms with Gasteiger partial charge >= 0.3 is 6.18 Å². The van der Waals surface area contributed by atoms with Crippen LogP contribution in [0.15, 0.2) is 24.3 Å². The fourth-order valence-corrected chi connectivity index (χ4v) is 6.79. The lowest BCUT2D eigenvalue weighted by atomic mass is 9.95. The first-order valence-electron chi connectivity index (χ1n) is 11.6. The number of methoxy groups -OCH3 is 1. The second-order valence-corrected chi connectivity index (χ2v) is 11.2. The molecule has 1 aromatic carbocycles. The highest BCUT2D eigenvalue weighted by Crippen LogP contribution is 2.35. The Kier molecular flexibility index (Phi) is 10.7. The Bertz CT molecular complexity index is 1030. The molecule has 0 unspecified atom stereocenters. The Balaban J connectivity index is 0.00000481. The molecule has 2 fully saturated rings. The standard InChI is InChI=1S/C22H31F3N4O6S.ClH/c1-35-15-14-28-12-8-21(9-13-28,20(31)27-32)36(33,34)29-10-6-18(7-11-29)26-19(30)16-2-4-17(5-3-16)22(23,24)25;/h2-5,18,32H,6-15H2,1H3,(H,26,30)(H,27,31);1H. The number of alkyl halides is 3. The third-order valence-electron chi connectivity index (χ3n) is 6.89. The number of amides is 2. The number of carbonyl (C=O) groups is 2. The van der Waals surface area contributed by atoms with Gasteiger partial charge in [-0.15, -0.1) is 12.4 Å². The number of nitrogens with one attached hydrogen (secondary N) is 2. The SMILES string of the molecule is COCCN1CCC(C(=O)NO)(S(=O)(=O)N2CCC(NC(=O)c3ccc(C(F)(F)F)cc3)CC2)CC1.Cl. The van der Waals surface area contributed by atoms with Crippen molar-refractivity contribution in [2.75, 3.05) is 46.4 Å². The normalized spacial score (nSPS) is 19.6. The average molecular weight is 573 g/mol. The van der Waals surface area contributed by atoms with E-state index < -0.39 is 38.3 Å². The van der Waals surface area contributed by atoms with Gasteiger partial charge in [-0.3, -0.25) is 14.8 Å². The molecule has 2 saturated heterocycles. The van der Waals surface area contributed by atoms with Gasteiger partial charge in [0.25, 0.3) is 11.8 Å². The summed E-state index contributed by atoms with van der Waals surface area (Å²) in [6.45, 7) is 1.85. The van der Waals surface area contributed by atoms with Crippen LogP contribution in [0.1, 0.15) is 41.6 Å². The number of ether oxygens (including phenoxy) is 1. The quantitative estimate of drug-likeness (QED) is 0.319. The molecule has 2 aliphatic heterocycles. The number of piperidine rings is 2. The van der Waals surface area contributed by atoms with Gasteiger partial charge in [0.15, 0.2) is 4.75 Å². The van der Waals surface area contributed by atoms with Crippen LogP contribution in [0.4, 0.5) is 13.2 Å².